The number of carbonyl (C=O) groups excluding carboxylic acids is 2. The van der Waals surface area contributed by atoms with Gasteiger partial charge in [-0.15, -0.1) is 0 Å². The molecule has 0 spiro atoms. The third-order valence-electron chi connectivity index (χ3n) is 7.70. The van der Waals surface area contributed by atoms with Crippen molar-refractivity contribution in [3.8, 4) is 11.5 Å². The molecule has 0 radical (unpaired) electrons. The Kier molecular flexibility index (Phi) is 11.2. The second-order valence-electron chi connectivity index (χ2n) is 10.8. The minimum Gasteiger partial charge on any atom is -0.496 e. The van der Waals surface area contributed by atoms with Crippen molar-refractivity contribution in [2.24, 2.45) is 0 Å². The summed E-state index contributed by atoms with van der Waals surface area (Å²) in [6.45, 7) is 0.905. The molecule has 0 aromatic heterocycles. The van der Waals surface area contributed by atoms with Gasteiger partial charge in [-0.1, -0.05) is 60.7 Å². The molecule has 4 aromatic carbocycles. The molecule has 0 aliphatic carbocycles. The summed E-state index contributed by atoms with van der Waals surface area (Å²) in [6.07, 6.45) is 0. The van der Waals surface area contributed by atoms with Crippen molar-refractivity contribution >= 4 is 21.8 Å². The van der Waals surface area contributed by atoms with Gasteiger partial charge in [0.1, 0.15) is 23.4 Å². The molecule has 1 heterocycles. The van der Waals surface area contributed by atoms with Crippen LogP contribution in [-0.2, 0) is 37.4 Å². The number of morpholine rings is 1. The quantitative estimate of drug-likeness (QED) is 0.227. The molecule has 2 amide bonds. The van der Waals surface area contributed by atoms with E-state index >= 15 is 0 Å². The second-order valence-corrected chi connectivity index (χ2v) is 12.7. The predicted octanol–water partition coefficient (Wildman–Crippen LogP) is 4.32. The third-order valence-corrected chi connectivity index (χ3v) is 9.61. The molecule has 1 aliphatic rings. The molecule has 0 saturated carbocycles. The molecule has 1 aliphatic heterocycles. The Morgan fingerprint density at radius 3 is 2.26 bits per heavy atom. The monoisotopic (exact) mass is 661 g/mol. The van der Waals surface area contributed by atoms with E-state index < -0.39 is 40.3 Å². The van der Waals surface area contributed by atoms with Gasteiger partial charge in [0.2, 0.25) is 15.9 Å². The van der Waals surface area contributed by atoms with Crippen molar-refractivity contribution in [1.82, 2.24) is 14.5 Å². The molecule has 47 heavy (non-hydrogen) atoms. The van der Waals surface area contributed by atoms with E-state index in [1.165, 1.54) is 45.6 Å². The van der Waals surface area contributed by atoms with E-state index in [1.807, 2.05) is 24.3 Å². The number of hydrogen-bond donors (Lipinski definition) is 1. The normalized spacial score (nSPS) is 14.2. The van der Waals surface area contributed by atoms with Gasteiger partial charge in [0, 0.05) is 31.7 Å². The highest BCUT2D eigenvalue weighted by atomic mass is 32.2. The van der Waals surface area contributed by atoms with Crippen LogP contribution in [0.15, 0.2) is 108 Å². The summed E-state index contributed by atoms with van der Waals surface area (Å²) in [4.78, 5) is 29.3. The Bertz CT molecular complexity index is 1750. The number of carbonyl (C=O) groups is 2. The average Bonchev–Trinajstić information content (AvgIpc) is 3.11. The summed E-state index contributed by atoms with van der Waals surface area (Å²) in [5, 5.41) is 2.94. The maximum atomic E-state index is 13.9. The lowest BCUT2D eigenvalue weighted by molar-refractivity contribution is -0.143. The maximum Gasteiger partial charge on any atom is 0.261 e. The molecule has 1 atom stereocenters. The first kappa shape index (κ1) is 33.6. The summed E-state index contributed by atoms with van der Waals surface area (Å²) >= 11 is 0. The molecule has 4 aromatic rings. The zero-order valence-corrected chi connectivity index (χ0v) is 26.7. The van der Waals surface area contributed by atoms with Gasteiger partial charge in [0.25, 0.3) is 5.91 Å². The van der Waals surface area contributed by atoms with E-state index in [0.29, 0.717) is 30.1 Å². The fraction of sp³-hybridized carbons (Fsp3) is 0.257. The predicted molar refractivity (Wildman–Crippen MR) is 172 cm³/mol. The third kappa shape index (κ3) is 8.53. The average molecular weight is 662 g/mol. The highest BCUT2D eigenvalue weighted by Gasteiger charge is 2.32. The van der Waals surface area contributed by atoms with Crippen LogP contribution in [0.1, 0.15) is 22.7 Å². The second kappa shape index (κ2) is 15.7. The topological polar surface area (TPSA) is 114 Å². The Labute approximate surface area is 273 Å². The number of amides is 2. The summed E-state index contributed by atoms with van der Waals surface area (Å²) in [5.74, 6) is -0.488. The van der Waals surface area contributed by atoms with E-state index in [2.05, 4.69) is 5.32 Å². The van der Waals surface area contributed by atoms with Crippen LogP contribution in [0, 0.1) is 5.82 Å². The van der Waals surface area contributed by atoms with Crippen LogP contribution in [0.25, 0.3) is 0 Å². The number of sulfonamides is 1. The van der Waals surface area contributed by atoms with E-state index in [0.717, 1.165) is 5.56 Å². The van der Waals surface area contributed by atoms with Crippen LogP contribution in [0.5, 0.6) is 11.5 Å². The summed E-state index contributed by atoms with van der Waals surface area (Å²) in [5.41, 5.74) is 1.93. The number of hydrogen-bond acceptors (Lipinski definition) is 7. The summed E-state index contributed by atoms with van der Waals surface area (Å²) in [6, 6.07) is 26.6. The first-order valence-corrected chi connectivity index (χ1v) is 16.5. The molecule has 1 fully saturated rings. The van der Waals surface area contributed by atoms with Gasteiger partial charge in [-0.3, -0.25) is 9.59 Å². The highest BCUT2D eigenvalue weighted by molar-refractivity contribution is 7.89. The minimum absolute atomic E-state index is 0.0131. The van der Waals surface area contributed by atoms with Gasteiger partial charge < -0.3 is 24.4 Å². The van der Waals surface area contributed by atoms with E-state index in [-0.39, 0.29) is 36.8 Å². The fourth-order valence-corrected chi connectivity index (χ4v) is 6.63. The van der Waals surface area contributed by atoms with Gasteiger partial charge in [-0.05, 0) is 53.6 Å². The van der Waals surface area contributed by atoms with Crippen molar-refractivity contribution in [3.63, 3.8) is 0 Å². The molecule has 10 nitrogen and oxygen atoms in total. The molecule has 12 heteroatoms. The maximum absolute atomic E-state index is 13.9. The Morgan fingerprint density at radius 2 is 1.57 bits per heavy atom. The number of halogens is 1. The molecule has 1 saturated heterocycles. The Balaban J connectivity index is 1.37. The van der Waals surface area contributed by atoms with Crippen molar-refractivity contribution in [1.29, 1.82) is 0 Å². The molecular formula is C35H36FN3O7S. The standard InChI is InChI=1S/C35H36FN3O7S/c1-44-32-10-6-5-9-28(32)23-37-35(41)34(27-7-3-2-4-8-27)39(24-26-11-13-29(36)14-12-26)33(40)25-46-30-15-17-31(18-16-30)47(42,43)38-19-21-45-22-20-38/h2-18,34H,19-25H2,1H3,(H,37,41)/t34-/m0/s1. The molecule has 0 unspecified atom stereocenters. The molecular weight excluding hydrogens is 625 g/mol. The smallest absolute Gasteiger partial charge is 0.261 e. The molecule has 1 N–H and O–H groups in total. The zero-order chi connectivity index (χ0) is 33.2. The van der Waals surface area contributed by atoms with E-state index in [9.17, 15) is 22.4 Å². The van der Waals surface area contributed by atoms with Crippen LogP contribution < -0.4 is 14.8 Å². The van der Waals surface area contributed by atoms with Gasteiger partial charge in [0.15, 0.2) is 6.61 Å². The minimum atomic E-state index is -3.70. The van der Waals surface area contributed by atoms with Crippen LogP contribution in [0.2, 0.25) is 0 Å². The molecule has 5 rings (SSSR count). The number of para-hydroxylation sites is 1. The number of benzene rings is 4. The molecule has 0 bridgehead atoms. The van der Waals surface area contributed by atoms with E-state index in [4.69, 9.17) is 14.2 Å². The number of rotatable bonds is 13. The lowest BCUT2D eigenvalue weighted by Crippen LogP contribution is -2.45. The number of nitrogens with zero attached hydrogens (tertiary/aromatic N) is 2. The number of nitrogens with one attached hydrogen (secondary N) is 1. The lowest BCUT2D eigenvalue weighted by atomic mass is 10.0. The van der Waals surface area contributed by atoms with Crippen LogP contribution >= 0.6 is 0 Å². The van der Waals surface area contributed by atoms with Gasteiger partial charge in [-0.2, -0.15) is 4.31 Å². The van der Waals surface area contributed by atoms with Gasteiger partial charge >= 0.3 is 0 Å². The van der Waals surface area contributed by atoms with Crippen molar-refractivity contribution in [2.45, 2.75) is 24.0 Å². The first-order chi connectivity index (χ1) is 22.8. The number of ether oxygens (including phenoxy) is 3. The van der Waals surface area contributed by atoms with Crippen LogP contribution in [0.4, 0.5) is 4.39 Å². The Hall–Kier alpha value is -4.78. The van der Waals surface area contributed by atoms with Gasteiger partial charge in [-0.25, -0.2) is 12.8 Å². The van der Waals surface area contributed by atoms with Gasteiger partial charge in [0.05, 0.1) is 25.2 Å². The van der Waals surface area contributed by atoms with E-state index in [1.54, 1.807) is 49.6 Å². The van der Waals surface area contributed by atoms with Crippen LogP contribution in [0.3, 0.4) is 0 Å². The summed E-state index contributed by atoms with van der Waals surface area (Å²) < 4.78 is 57.6. The molecule has 246 valence electrons. The fourth-order valence-electron chi connectivity index (χ4n) is 5.22. The zero-order valence-electron chi connectivity index (χ0n) is 25.9. The summed E-state index contributed by atoms with van der Waals surface area (Å²) in [7, 11) is -2.15. The number of methoxy groups -OCH3 is 1. The Morgan fingerprint density at radius 1 is 0.915 bits per heavy atom. The van der Waals surface area contributed by atoms with Crippen molar-refractivity contribution in [2.75, 3.05) is 40.0 Å². The largest absolute Gasteiger partial charge is 0.496 e. The van der Waals surface area contributed by atoms with Crippen molar-refractivity contribution in [3.05, 3.63) is 126 Å². The first-order valence-electron chi connectivity index (χ1n) is 15.1. The lowest BCUT2D eigenvalue weighted by Gasteiger charge is -2.31. The highest BCUT2D eigenvalue weighted by Crippen LogP contribution is 2.26. The van der Waals surface area contributed by atoms with Crippen molar-refractivity contribution < 1.29 is 36.6 Å². The SMILES string of the molecule is COc1ccccc1CNC(=O)[C@H](c1ccccc1)N(Cc1ccc(F)cc1)C(=O)COc1ccc(S(=O)(=O)N2CCOCC2)cc1. The van der Waals surface area contributed by atoms with Crippen LogP contribution in [-0.4, -0.2) is 69.5 Å².